The van der Waals surface area contributed by atoms with E-state index >= 15 is 0 Å². The molecule has 0 saturated heterocycles. The quantitative estimate of drug-likeness (QED) is 0.483. The fourth-order valence-corrected chi connectivity index (χ4v) is 2.57. The Hall–Kier alpha value is -0.570. The number of nitrogens with one attached hydrogen (secondary N) is 1. The van der Waals surface area contributed by atoms with Crippen molar-refractivity contribution < 1.29 is 8.42 Å². The molecular weight excluding hydrogens is 212 g/mol. The summed E-state index contributed by atoms with van der Waals surface area (Å²) >= 11 is 0. The third kappa shape index (κ3) is 5.78. The number of sulfonamides is 1. The summed E-state index contributed by atoms with van der Waals surface area (Å²) in [5.74, 6) is 2.49. The molecule has 0 spiro atoms. The van der Waals surface area contributed by atoms with Crippen LogP contribution >= 0.6 is 0 Å². The topological polar surface area (TPSA) is 49.4 Å². The molecule has 88 valence electrons. The van der Waals surface area contributed by atoms with Crippen molar-refractivity contribution >= 4 is 10.0 Å². The summed E-state index contributed by atoms with van der Waals surface area (Å²) in [5, 5.41) is 2.99. The molecule has 0 aliphatic rings. The Bertz CT molecular complexity index is 293. The summed E-state index contributed by atoms with van der Waals surface area (Å²) in [6, 6.07) is 0. The highest BCUT2D eigenvalue weighted by Gasteiger charge is 2.19. The molecule has 5 heteroatoms. The summed E-state index contributed by atoms with van der Waals surface area (Å²) in [4.78, 5) is 0. The van der Waals surface area contributed by atoms with Gasteiger partial charge in [-0.05, 0) is 13.0 Å². The van der Waals surface area contributed by atoms with E-state index in [1.165, 1.54) is 4.31 Å². The summed E-state index contributed by atoms with van der Waals surface area (Å²) in [5.41, 5.74) is 0. The van der Waals surface area contributed by atoms with Gasteiger partial charge < -0.3 is 5.32 Å². The molecule has 0 aliphatic carbocycles. The fourth-order valence-electron chi connectivity index (χ4n) is 1.17. The molecule has 0 heterocycles. The lowest BCUT2D eigenvalue weighted by molar-refractivity contribution is 0.444. The van der Waals surface area contributed by atoms with Gasteiger partial charge in [-0.1, -0.05) is 19.8 Å². The summed E-state index contributed by atoms with van der Waals surface area (Å²) in [6.07, 6.45) is 5.92. The van der Waals surface area contributed by atoms with Crippen LogP contribution in [0.4, 0.5) is 0 Å². The zero-order valence-corrected chi connectivity index (χ0v) is 10.3. The van der Waals surface area contributed by atoms with Gasteiger partial charge in [-0.3, -0.25) is 0 Å². The highest BCUT2D eigenvalue weighted by atomic mass is 32.2. The predicted molar refractivity (Wildman–Crippen MR) is 63.0 cm³/mol. The van der Waals surface area contributed by atoms with Gasteiger partial charge in [-0.25, -0.2) is 8.42 Å². The van der Waals surface area contributed by atoms with Gasteiger partial charge in [0, 0.05) is 13.1 Å². The molecule has 0 saturated carbocycles. The van der Waals surface area contributed by atoms with E-state index < -0.39 is 10.0 Å². The van der Waals surface area contributed by atoms with E-state index in [4.69, 9.17) is 6.42 Å². The zero-order valence-electron chi connectivity index (χ0n) is 9.49. The SMILES string of the molecule is C#CCN(CCC)S(=O)(=O)CCNCC. The summed E-state index contributed by atoms with van der Waals surface area (Å²) in [6.45, 7) is 5.80. The number of nitrogens with zero attached hydrogens (tertiary/aromatic N) is 1. The van der Waals surface area contributed by atoms with Crippen molar-refractivity contribution in [3.63, 3.8) is 0 Å². The third-order valence-corrected chi connectivity index (χ3v) is 3.74. The number of hydrogen-bond donors (Lipinski definition) is 1. The summed E-state index contributed by atoms with van der Waals surface area (Å²) < 4.78 is 24.9. The monoisotopic (exact) mass is 232 g/mol. The molecule has 4 nitrogen and oxygen atoms in total. The Morgan fingerprint density at radius 1 is 1.40 bits per heavy atom. The maximum absolute atomic E-state index is 11.8. The lowest BCUT2D eigenvalue weighted by atomic mass is 10.5. The molecule has 0 aliphatic heterocycles. The van der Waals surface area contributed by atoms with Crippen LogP contribution in [-0.4, -0.2) is 44.7 Å². The van der Waals surface area contributed by atoms with Gasteiger partial charge in [0.2, 0.25) is 10.0 Å². The molecule has 0 aromatic heterocycles. The van der Waals surface area contributed by atoms with Gasteiger partial charge in [-0.15, -0.1) is 6.42 Å². The largest absolute Gasteiger partial charge is 0.316 e. The Balaban J connectivity index is 4.30. The van der Waals surface area contributed by atoms with Gasteiger partial charge in [0.25, 0.3) is 0 Å². The second-order valence-corrected chi connectivity index (χ2v) is 5.30. The Kier molecular flexibility index (Phi) is 7.39. The molecule has 0 amide bonds. The van der Waals surface area contributed by atoms with E-state index in [0.29, 0.717) is 13.1 Å². The van der Waals surface area contributed by atoms with Gasteiger partial charge in [0.1, 0.15) is 0 Å². The van der Waals surface area contributed by atoms with E-state index in [0.717, 1.165) is 13.0 Å². The minimum Gasteiger partial charge on any atom is -0.316 e. The normalized spacial score (nSPS) is 11.6. The summed E-state index contributed by atoms with van der Waals surface area (Å²) in [7, 11) is -3.19. The molecule has 0 unspecified atom stereocenters. The molecule has 1 N–H and O–H groups in total. The third-order valence-electron chi connectivity index (χ3n) is 1.92. The van der Waals surface area contributed by atoms with E-state index in [-0.39, 0.29) is 12.3 Å². The molecule has 0 aromatic carbocycles. The van der Waals surface area contributed by atoms with E-state index in [1.54, 1.807) is 0 Å². The van der Waals surface area contributed by atoms with Crippen LogP contribution in [0.5, 0.6) is 0 Å². The Labute approximate surface area is 93.1 Å². The molecule has 0 aromatic rings. The first kappa shape index (κ1) is 14.4. The van der Waals surface area contributed by atoms with Crippen molar-refractivity contribution in [1.29, 1.82) is 0 Å². The van der Waals surface area contributed by atoms with Crippen molar-refractivity contribution in [3.05, 3.63) is 0 Å². The van der Waals surface area contributed by atoms with Crippen molar-refractivity contribution in [3.8, 4) is 12.3 Å². The van der Waals surface area contributed by atoms with Crippen LogP contribution in [0.2, 0.25) is 0 Å². The molecule has 0 atom stereocenters. The predicted octanol–water partition coefficient (Wildman–Crippen LogP) is 0.271. The number of hydrogen-bond acceptors (Lipinski definition) is 3. The van der Waals surface area contributed by atoms with Crippen LogP contribution in [0.25, 0.3) is 0 Å². The van der Waals surface area contributed by atoms with Gasteiger partial charge in [0.15, 0.2) is 0 Å². The molecule has 0 fully saturated rings. The van der Waals surface area contributed by atoms with Crippen LogP contribution in [0.3, 0.4) is 0 Å². The van der Waals surface area contributed by atoms with E-state index in [1.807, 2.05) is 13.8 Å². The van der Waals surface area contributed by atoms with Gasteiger partial charge in [0.05, 0.1) is 12.3 Å². The average molecular weight is 232 g/mol. The maximum atomic E-state index is 11.8. The second-order valence-electron chi connectivity index (χ2n) is 3.21. The highest BCUT2D eigenvalue weighted by Crippen LogP contribution is 2.01. The lowest BCUT2D eigenvalue weighted by Crippen LogP contribution is -2.37. The smallest absolute Gasteiger partial charge is 0.216 e. The minimum absolute atomic E-state index is 0.114. The first-order chi connectivity index (χ1) is 7.08. The van der Waals surface area contributed by atoms with Crippen molar-refractivity contribution in [2.75, 3.05) is 31.9 Å². The first-order valence-electron chi connectivity index (χ1n) is 5.20. The Morgan fingerprint density at radius 3 is 2.53 bits per heavy atom. The van der Waals surface area contributed by atoms with E-state index in [9.17, 15) is 8.42 Å². The van der Waals surface area contributed by atoms with E-state index in [2.05, 4.69) is 11.2 Å². The number of terminal acetylenes is 1. The second kappa shape index (κ2) is 7.69. The maximum Gasteiger partial charge on any atom is 0.216 e. The van der Waals surface area contributed by atoms with Crippen LogP contribution in [0.15, 0.2) is 0 Å². The standard InChI is InChI=1S/C10H20N2O2S/c1-4-8-12(9-5-2)15(13,14)10-7-11-6-3/h1,11H,5-10H2,2-3H3. The van der Waals surface area contributed by atoms with Crippen LogP contribution in [0, 0.1) is 12.3 Å². The van der Waals surface area contributed by atoms with Crippen LogP contribution in [0.1, 0.15) is 20.3 Å². The van der Waals surface area contributed by atoms with Crippen molar-refractivity contribution in [2.24, 2.45) is 0 Å². The number of rotatable bonds is 8. The average Bonchev–Trinajstić information content (AvgIpc) is 2.18. The zero-order chi connectivity index (χ0) is 11.7. The highest BCUT2D eigenvalue weighted by molar-refractivity contribution is 7.89. The Morgan fingerprint density at radius 2 is 2.07 bits per heavy atom. The van der Waals surface area contributed by atoms with Gasteiger partial charge in [-0.2, -0.15) is 4.31 Å². The van der Waals surface area contributed by atoms with Crippen molar-refractivity contribution in [1.82, 2.24) is 9.62 Å². The van der Waals surface area contributed by atoms with Crippen LogP contribution < -0.4 is 5.32 Å². The minimum atomic E-state index is -3.19. The molecule has 0 radical (unpaired) electrons. The molecule has 0 bridgehead atoms. The molecule has 15 heavy (non-hydrogen) atoms. The van der Waals surface area contributed by atoms with Crippen LogP contribution in [-0.2, 0) is 10.0 Å². The first-order valence-corrected chi connectivity index (χ1v) is 6.81. The van der Waals surface area contributed by atoms with Crippen molar-refractivity contribution in [2.45, 2.75) is 20.3 Å². The fraction of sp³-hybridized carbons (Fsp3) is 0.800. The van der Waals surface area contributed by atoms with Gasteiger partial charge >= 0.3 is 0 Å². The lowest BCUT2D eigenvalue weighted by Gasteiger charge is -2.18. The molecular formula is C10H20N2O2S. The molecule has 0 rings (SSSR count).